The fourth-order valence-corrected chi connectivity index (χ4v) is 2.01. The van der Waals surface area contributed by atoms with E-state index in [1.807, 2.05) is 11.6 Å². The predicted octanol–water partition coefficient (Wildman–Crippen LogP) is 1.84. The van der Waals surface area contributed by atoms with Crippen LogP contribution in [-0.4, -0.2) is 17.9 Å². The Labute approximate surface area is 85.3 Å². The average Bonchev–Trinajstić information content (AvgIpc) is 2.45. The second-order valence-corrected chi connectivity index (χ2v) is 8.63. The van der Waals surface area contributed by atoms with Gasteiger partial charge in [-0.15, -0.1) is 0 Å². The van der Waals surface area contributed by atoms with Crippen molar-refractivity contribution in [3.8, 4) is 6.07 Å². The van der Waals surface area contributed by atoms with Crippen molar-refractivity contribution in [2.45, 2.75) is 25.7 Å². The largest absolute Gasteiger partial charge is 0.398 e. The fourth-order valence-electron chi connectivity index (χ4n) is 1.13. The van der Waals surface area contributed by atoms with E-state index in [9.17, 15) is 0 Å². The van der Waals surface area contributed by atoms with Gasteiger partial charge in [-0.05, 0) is 19.6 Å². The number of hydrogen-bond acceptors (Lipinski definition) is 3. The minimum absolute atomic E-state index is 0.492. The third-order valence-corrected chi connectivity index (χ3v) is 2.65. The molecule has 0 aromatic carbocycles. The smallest absolute Gasteiger partial charge is 0.186 e. The van der Waals surface area contributed by atoms with Gasteiger partial charge in [-0.1, -0.05) is 0 Å². The normalized spacial score (nSPS) is 13.6. The zero-order valence-electron chi connectivity index (χ0n) is 8.98. The van der Waals surface area contributed by atoms with E-state index in [0.717, 1.165) is 5.69 Å². The van der Waals surface area contributed by atoms with E-state index in [1.54, 1.807) is 12.5 Å². The van der Waals surface area contributed by atoms with Crippen LogP contribution in [0.1, 0.15) is 11.8 Å². The number of aromatic nitrogens is 2. The first-order chi connectivity index (χ1) is 6.44. The van der Waals surface area contributed by atoms with E-state index in [-0.39, 0.29) is 0 Å². The Morgan fingerprint density at radius 1 is 1.57 bits per heavy atom. The Hall–Kier alpha value is -1.12. The van der Waals surface area contributed by atoms with E-state index < -0.39 is 14.4 Å². The van der Waals surface area contributed by atoms with E-state index in [4.69, 9.17) is 9.69 Å². The van der Waals surface area contributed by atoms with Crippen LogP contribution < -0.4 is 0 Å². The van der Waals surface area contributed by atoms with Gasteiger partial charge >= 0.3 is 0 Å². The molecule has 0 spiro atoms. The molecule has 0 saturated heterocycles. The molecule has 0 fully saturated rings. The zero-order chi connectivity index (χ0) is 10.8. The molecule has 1 unspecified atom stereocenters. The Kier molecular flexibility index (Phi) is 3.09. The summed E-state index contributed by atoms with van der Waals surface area (Å²) in [7, 11) is 0.177. The van der Waals surface area contributed by atoms with Gasteiger partial charge < -0.3 is 8.99 Å². The molecule has 4 nitrogen and oxygen atoms in total. The maximum atomic E-state index is 8.99. The zero-order valence-corrected chi connectivity index (χ0v) is 9.98. The molecule has 0 aliphatic rings. The van der Waals surface area contributed by atoms with Crippen LogP contribution in [0.5, 0.6) is 0 Å². The maximum Gasteiger partial charge on any atom is 0.186 e. The molecule has 1 heterocycles. The number of imidazole rings is 1. The summed E-state index contributed by atoms with van der Waals surface area (Å²) in [5.41, 5.74) is 0.815. The molecule has 0 N–H and O–H groups in total. The molecule has 0 saturated carbocycles. The van der Waals surface area contributed by atoms with Gasteiger partial charge in [0.05, 0.1) is 24.3 Å². The molecule has 0 amide bonds. The molecular weight excluding hydrogens is 194 g/mol. The molecule has 0 bridgehead atoms. The van der Waals surface area contributed by atoms with Crippen molar-refractivity contribution in [3.05, 3.63) is 18.2 Å². The van der Waals surface area contributed by atoms with Crippen molar-refractivity contribution in [3.63, 3.8) is 0 Å². The quantitative estimate of drug-likeness (QED) is 0.714. The Bertz CT molecular complexity index is 348. The van der Waals surface area contributed by atoms with Gasteiger partial charge in [0, 0.05) is 7.05 Å². The van der Waals surface area contributed by atoms with Crippen LogP contribution in [0.4, 0.5) is 0 Å². The third-order valence-electron chi connectivity index (χ3n) is 1.71. The summed E-state index contributed by atoms with van der Waals surface area (Å²) >= 11 is 0. The first-order valence-corrected chi connectivity index (χ1v) is 7.88. The number of nitrogens with zero attached hydrogens (tertiary/aromatic N) is 3. The third kappa shape index (κ3) is 2.69. The van der Waals surface area contributed by atoms with E-state index >= 15 is 0 Å². The minimum atomic E-state index is -1.68. The van der Waals surface area contributed by atoms with Gasteiger partial charge in [-0.3, -0.25) is 0 Å². The van der Waals surface area contributed by atoms with Gasteiger partial charge in [-0.2, -0.15) is 5.26 Å². The standard InChI is InChI=1S/C9H15N3OSi/c1-12-7-11-6-8(12)9(5-10)13-14(2,3)4/h6-7,9H,1-4H3. The summed E-state index contributed by atoms with van der Waals surface area (Å²) in [6, 6.07) is 2.15. The molecule has 1 atom stereocenters. The van der Waals surface area contributed by atoms with Crippen molar-refractivity contribution in [2.24, 2.45) is 7.05 Å². The predicted molar refractivity (Wildman–Crippen MR) is 56.0 cm³/mol. The maximum absolute atomic E-state index is 8.99. The summed E-state index contributed by atoms with van der Waals surface area (Å²) in [5, 5.41) is 8.99. The molecule has 0 radical (unpaired) electrons. The lowest BCUT2D eigenvalue weighted by molar-refractivity contribution is 0.246. The Morgan fingerprint density at radius 2 is 2.21 bits per heavy atom. The second-order valence-electron chi connectivity index (χ2n) is 4.17. The van der Waals surface area contributed by atoms with Crippen LogP contribution in [0, 0.1) is 11.3 Å². The summed E-state index contributed by atoms with van der Waals surface area (Å²) < 4.78 is 7.54. The minimum Gasteiger partial charge on any atom is -0.398 e. The lowest BCUT2D eigenvalue weighted by atomic mass is 10.3. The topological polar surface area (TPSA) is 50.8 Å². The van der Waals surface area contributed by atoms with Crippen LogP contribution in [0.15, 0.2) is 12.5 Å². The first-order valence-electron chi connectivity index (χ1n) is 4.47. The molecule has 1 rings (SSSR count). The molecule has 1 aromatic heterocycles. The van der Waals surface area contributed by atoms with E-state index in [1.165, 1.54) is 0 Å². The first kappa shape index (κ1) is 11.0. The molecule has 1 aromatic rings. The highest BCUT2D eigenvalue weighted by atomic mass is 28.4. The summed E-state index contributed by atoms with van der Waals surface area (Å²) in [4.78, 5) is 3.97. The second kappa shape index (κ2) is 3.94. The van der Waals surface area contributed by atoms with Crippen molar-refractivity contribution in [1.29, 1.82) is 5.26 Å². The van der Waals surface area contributed by atoms with Crippen LogP contribution >= 0.6 is 0 Å². The molecule has 5 heteroatoms. The number of rotatable bonds is 3. The van der Waals surface area contributed by atoms with Gasteiger partial charge in [0.1, 0.15) is 0 Å². The highest BCUT2D eigenvalue weighted by Gasteiger charge is 2.23. The summed E-state index contributed by atoms with van der Waals surface area (Å²) in [6.07, 6.45) is 2.86. The van der Waals surface area contributed by atoms with E-state index in [0.29, 0.717) is 0 Å². The van der Waals surface area contributed by atoms with Crippen LogP contribution in [0.25, 0.3) is 0 Å². The molecule has 0 aliphatic heterocycles. The fraction of sp³-hybridized carbons (Fsp3) is 0.556. The summed E-state index contributed by atoms with van der Waals surface area (Å²) in [6.45, 7) is 6.19. The number of nitriles is 1. The van der Waals surface area contributed by atoms with Crippen LogP contribution in [0.3, 0.4) is 0 Å². The van der Waals surface area contributed by atoms with Crippen molar-refractivity contribution in [1.82, 2.24) is 9.55 Å². The van der Waals surface area contributed by atoms with Gasteiger partial charge in [-0.25, -0.2) is 4.98 Å². The lowest BCUT2D eigenvalue weighted by Crippen LogP contribution is -2.28. The molecule has 14 heavy (non-hydrogen) atoms. The average molecular weight is 209 g/mol. The molecule has 76 valence electrons. The summed E-state index contributed by atoms with van der Waals surface area (Å²) in [5.74, 6) is 0. The monoisotopic (exact) mass is 209 g/mol. The van der Waals surface area contributed by atoms with Crippen LogP contribution in [-0.2, 0) is 11.5 Å². The van der Waals surface area contributed by atoms with Gasteiger partial charge in [0.15, 0.2) is 14.4 Å². The van der Waals surface area contributed by atoms with Gasteiger partial charge in [0.25, 0.3) is 0 Å². The molecular formula is C9H15N3OSi. The van der Waals surface area contributed by atoms with E-state index in [2.05, 4.69) is 30.7 Å². The SMILES string of the molecule is Cn1cncc1C(C#N)O[Si](C)(C)C. The lowest BCUT2D eigenvalue weighted by Gasteiger charge is -2.21. The highest BCUT2D eigenvalue weighted by molar-refractivity contribution is 6.69. The Balaban J connectivity index is 2.85. The van der Waals surface area contributed by atoms with Crippen molar-refractivity contribution >= 4 is 8.32 Å². The molecule has 0 aliphatic carbocycles. The number of aryl methyl sites for hydroxylation is 1. The number of hydrogen-bond donors (Lipinski definition) is 0. The van der Waals surface area contributed by atoms with Crippen LogP contribution in [0.2, 0.25) is 19.6 Å². The van der Waals surface area contributed by atoms with Crippen molar-refractivity contribution in [2.75, 3.05) is 0 Å². The Morgan fingerprint density at radius 3 is 2.57 bits per heavy atom. The highest BCUT2D eigenvalue weighted by Crippen LogP contribution is 2.20. The van der Waals surface area contributed by atoms with Crippen molar-refractivity contribution < 1.29 is 4.43 Å². The van der Waals surface area contributed by atoms with Gasteiger partial charge in [0.2, 0.25) is 0 Å².